The molecule has 3 nitrogen and oxygen atoms in total. The van der Waals surface area contributed by atoms with Crippen molar-refractivity contribution in [3.8, 4) is 0 Å². The van der Waals surface area contributed by atoms with Crippen LogP contribution in [0.2, 0.25) is 0 Å². The molecule has 1 heterocycles. The fourth-order valence-corrected chi connectivity index (χ4v) is 2.83. The highest BCUT2D eigenvalue weighted by Crippen LogP contribution is 2.24. The van der Waals surface area contributed by atoms with Crippen LogP contribution in [-0.4, -0.2) is 16.3 Å². The zero-order valence-corrected chi connectivity index (χ0v) is 13.5. The van der Waals surface area contributed by atoms with Crippen molar-refractivity contribution < 1.29 is 4.39 Å². The SMILES string of the molecule is CCNC(Cc1ccc(F)c(Br)c1)c1cn(C)nc1C. The largest absolute Gasteiger partial charge is 0.310 e. The van der Waals surface area contributed by atoms with Crippen LogP contribution in [0.1, 0.15) is 29.8 Å². The second kappa shape index (κ2) is 6.50. The Hall–Kier alpha value is -1.20. The second-order valence-electron chi connectivity index (χ2n) is 4.91. The van der Waals surface area contributed by atoms with E-state index in [4.69, 9.17) is 0 Å². The highest BCUT2D eigenvalue weighted by molar-refractivity contribution is 9.10. The molecule has 1 aromatic heterocycles. The average molecular weight is 340 g/mol. The van der Waals surface area contributed by atoms with Gasteiger partial charge in [0.2, 0.25) is 0 Å². The maximum atomic E-state index is 13.3. The number of nitrogens with zero attached hydrogens (tertiary/aromatic N) is 2. The number of aromatic nitrogens is 2. The van der Waals surface area contributed by atoms with Crippen LogP contribution in [0.5, 0.6) is 0 Å². The molecule has 0 radical (unpaired) electrons. The molecule has 1 atom stereocenters. The third kappa shape index (κ3) is 3.46. The van der Waals surface area contributed by atoms with Gasteiger partial charge < -0.3 is 5.32 Å². The van der Waals surface area contributed by atoms with Crippen LogP contribution < -0.4 is 5.32 Å². The van der Waals surface area contributed by atoms with Gasteiger partial charge in [-0.15, -0.1) is 0 Å². The Morgan fingerprint density at radius 3 is 2.75 bits per heavy atom. The van der Waals surface area contributed by atoms with E-state index in [0.29, 0.717) is 4.47 Å². The number of likely N-dealkylation sites (N-methyl/N-ethyl adjacent to an activating group) is 1. The molecule has 1 N–H and O–H groups in total. The molecule has 0 fully saturated rings. The number of benzene rings is 1. The lowest BCUT2D eigenvalue weighted by Gasteiger charge is -2.17. The molecule has 0 aliphatic rings. The summed E-state index contributed by atoms with van der Waals surface area (Å²) in [5.41, 5.74) is 3.31. The standard InChI is InChI=1S/C15H19BrFN3/c1-4-18-15(12-9-20(3)19-10(12)2)8-11-5-6-14(17)13(16)7-11/h5-7,9,15,18H,4,8H2,1-3H3. The summed E-state index contributed by atoms with van der Waals surface area (Å²) in [6.07, 6.45) is 2.85. The van der Waals surface area contributed by atoms with Gasteiger partial charge in [0.1, 0.15) is 5.82 Å². The molecule has 0 saturated heterocycles. The van der Waals surface area contributed by atoms with E-state index in [1.165, 1.54) is 11.6 Å². The zero-order valence-electron chi connectivity index (χ0n) is 12.0. The summed E-state index contributed by atoms with van der Waals surface area (Å²) in [6, 6.07) is 5.35. The summed E-state index contributed by atoms with van der Waals surface area (Å²) in [5, 5.41) is 7.87. The summed E-state index contributed by atoms with van der Waals surface area (Å²) in [6.45, 7) is 4.97. The molecule has 0 amide bonds. The summed E-state index contributed by atoms with van der Waals surface area (Å²) in [7, 11) is 1.92. The van der Waals surface area contributed by atoms with Crippen molar-refractivity contribution in [2.75, 3.05) is 6.54 Å². The molecule has 0 bridgehead atoms. The number of nitrogens with one attached hydrogen (secondary N) is 1. The van der Waals surface area contributed by atoms with Crippen molar-refractivity contribution in [3.05, 3.63) is 51.5 Å². The molecule has 1 aromatic carbocycles. The number of aryl methyl sites for hydroxylation is 2. The molecule has 20 heavy (non-hydrogen) atoms. The van der Waals surface area contributed by atoms with E-state index < -0.39 is 0 Å². The Morgan fingerprint density at radius 2 is 2.20 bits per heavy atom. The molecule has 0 aliphatic carbocycles. The monoisotopic (exact) mass is 339 g/mol. The molecule has 5 heteroatoms. The van der Waals surface area contributed by atoms with Gasteiger partial charge in [0, 0.05) is 24.8 Å². The van der Waals surface area contributed by atoms with Gasteiger partial charge >= 0.3 is 0 Å². The van der Waals surface area contributed by atoms with Crippen LogP contribution in [0.4, 0.5) is 4.39 Å². The molecule has 108 valence electrons. The first-order valence-corrected chi connectivity index (χ1v) is 7.48. The predicted octanol–water partition coefficient (Wildman–Crippen LogP) is 3.52. The smallest absolute Gasteiger partial charge is 0.137 e. The normalized spacial score (nSPS) is 12.7. The molecule has 0 saturated carbocycles. The zero-order chi connectivity index (χ0) is 14.7. The minimum atomic E-state index is -0.230. The number of rotatable bonds is 5. The lowest BCUT2D eigenvalue weighted by molar-refractivity contribution is 0.545. The molecule has 0 spiro atoms. The van der Waals surface area contributed by atoms with Crippen molar-refractivity contribution in [1.82, 2.24) is 15.1 Å². The Labute approximate surface area is 127 Å². The van der Waals surface area contributed by atoms with Gasteiger partial charge in [0.05, 0.1) is 10.2 Å². The van der Waals surface area contributed by atoms with E-state index in [9.17, 15) is 4.39 Å². The summed E-state index contributed by atoms with van der Waals surface area (Å²) in [5.74, 6) is -0.230. The van der Waals surface area contributed by atoms with E-state index in [1.807, 2.05) is 37.0 Å². The number of halogens is 2. The van der Waals surface area contributed by atoms with E-state index in [1.54, 1.807) is 0 Å². The van der Waals surface area contributed by atoms with Gasteiger partial charge in [0.25, 0.3) is 0 Å². The van der Waals surface area contributed by atoms with Gasteiger partial charge in [-0.3, -0.25) is 4.68 Å². The van der Waals surface area contributed by atoms with E-state index >= 15 is 0 Å². The van der Waals surface area contributed by atoms with Crippen molar-refractivity contribution >= 4 is 15.9 Å². The first kappa shape index (κ1) is 15.2. The van der Waals surface area contributed by atoms with Gasteiger partial charge in [0.15, 0.2) is 0 Å². The van der Waals surface area contributed by atoms with E-state index in [2.05, 4.69) is 33.3 Å². The third-order valence-corrected chi connectivity index (χ3v) is 3.91. The molecule has 2 aromatic rings. The van der Waals surface area contributed by atoms with Gasteiger partial charge in [-0.1, -0.05) is 13.0 Å². The lowest BCUT2D eigenvalue weighted by Crippen LogP contribution is -2.23. The topological polar surface area (TPSA) is 29.9 Å². The summed E-state index contributed by atoms with van der Waals surface area (Å²) < 4.78 is 15.6. The van der Waals surface area contributed by atoms with Crippen LogP contribution >= 0.6 is 15.9 Å². The number of hydrogen-bond donors (Lipinski definition) is 1. The van der Waals surface area contributed by atoms with Gasteiger partial charge in [-0.25, -0.2) is 4.39 Å². The molecule has 1 unspecified atom stereocenters. The fraction of sp³-hybridized carbons (Fsp3) is 0.400. The number of hydrogen-bond acceptors (Lipinski definition) is 2. The highest BCUT2D eigenvalue weighted by Gasteiger charge is 2.16. The van der Waals surface area contributed by atoms with Crippen LogP contribution in [0.3, 0.4) is 0 Å². The van der Waals surface area contributed by atoms with Crippen molar-refractivity contribution in [3.63, 3.8) is 0 Å². The first-order chi connectivity index (χ1) is 9.51. The van der Waals surface area contributed by atoms with Crippen molar-refractivity contribution in [2.45, 2.75) is 26.3 Å². The predicted molar refractivity (Wildman–Crippen MR) is 82.2 cm³/mol. The van der Waals surface area contributed by atoms with Crippen LogP contribution in [-0.2, 0) is 13.5 Å². The Morgan fingerprint density at radius 1 is 1.45 bits per heavy atom. The summed E-state index contributed by atoms with van der Waals surface area (Å²) in [4.78, 5) is 0. The Bertz CT molecular complexity index is 595. The maximum absolute atomic E-state index is 13.3. The van der Waals surface area contributed by atoms with Crippen LogP contribution in [0.15, 0.2) is 28.9 Å². The second-order valence-corrected chi connectivity index (χ2v) is 5.76. The van der Waals surface area contributed by atoms with Crippen LogP contribution in [0, 0.1) is 12.7 Å². The minimum absolute atomic E-state index is 0.186. The molecular formula is C15H19BrFN3. The molecular weight excluding hydrogens is 321 g/mol. The summed E-state index contributed by atoms with van der Waals surface area (Å²) >= 11 is 3.24. The quantitative estimate of drug-likeness (QED) is 0.903. The van der Waals surface area contributed by atoms with Crippen molar-refractivity contribution in [1.29, 1.82) is 0 Å². The minimum Gasteiger partial charge on any atom is -0.310 e. The molecule has 2 rings (SSSR count). The van der Waals surface area contributed by atoms with Gasteiger partial charge in [-0.05, 0) is 53.5 Å². The lowest BCUT2D eigenvalue weighted by atomic mass is 9.99. The Balaban J connectivity index is 2.25. The van der Waals surface area contributed by atoms with Crippen molar-refractivity contribution in [2.24, 2.45) is 7.05 Å². The first-order valence-electron chi connectivity index (χ1n) is 6.68. The van der Waals surface area contributed by atoms with E-state index in [0.717, 1.165) is 24.2 Å². The Kier molecular flexibility index (Phi) is 4.94. The van der Waals surface area contributed by atoms with Gasteiger partial charge in [-0.2, -0.15) is 5.10 Å². The molecule has 0 aliphatic heterocycles. The fourth-order valence-electron chi connectivity index (χ4n) is 2.40. The highest BCUT2D eigenvalue weighted by atomic mass is 79.9. The average Bonchev–Trinajstić information content (AvgIpc) is 2.72. The van der Waals surface area contributed by atoms with Crippen LogP contribution in [0.25, 0.3) is 0 Å². The van der Waals surface area contributed by atoms with E-state index in [-0.39, 0.29) is 11.9 Å². The third-order valence-electron chi connectivity index (χ3n) is 3.30. The maximum Gasteiger partial charge on any atom is 0.137 e.